The van der Waals surface area contributed by atoms with Gasteiger partial charge in [-0.05, 0) is 58.2 Å². The van der Waals surface area contributed by atoms with E-state index in [1.165, 1.54) is 0 Å². The maximum absolute atomic E-state index is 12.7. The number of hydrogen-bond donors (Lipinski definition) is 1. The Hall–Kier alpha value is -1.35. The van der Waals surface area contributed by atoms with Crippen LogP contribution in [-0.2, 0) is 0 Å². The molecule has 0 heterocycles. The third-order valence-corrected chi connectivity index (χ3v) is 4.60. The monoisotopic (exact) mass is 274 g/mol. The summed E-state index contributed by atoms with van der Waals surface area (Å²) in [5, 5.41) is 3.34. The number of hydrogen-bond acceptors (Lipinski definition) is 2. The van der Waals surface area contributed by atoms with Crippen LogP contribution in [0.3, 0.4) is 0 Å². The van der Waals surface area contributed by atoms with E-state index in [4.69, 9.17) is 0 Å². The maximum Gasteiger partial charge on any atom is 0.254 e. The lowest BCUT2D eigenvalue weighted by atomic mass is 9.90. The van der Waals surface area contributed by atoms with Gasteiger partial charge < -0.3 is 10.2 Å². The number of carbonyl (C=O) groups excluding carboxylic acids is 1. The molecule has 20 heavy (non-hydrogen) atoms. The van der Waals surface area contributed by atoms with Gasteiger partial charge in [-0.2, -0.15) is 0 Å². The average Bonchev–Trinajstić information content (AvgIpc) is 2.48. The van der Waals surface area contributed by atoms with E-state index in [0.29, 0.717) is 12.1 Å². The van der Waals surface area contributed by atoms with Gasteiger partial charge in [-0.15, -0.1) is 0 Å². The van der Waals surface area contributed by atoms with Gasteiger partial charge in [0.05, 0.1) is 0 Å². The first-order chi connectivity index (χ1) is 9.52. The molecule has 3 nitrogen and oxygen atoms in total. The number of aryl methyl sites for hydroxylation is 2. The smallest absolute Gasteiger partial charge is 0.254 e. The van der Waals surface area contributed by atoms with E-state index < -0.39 is 0 Å². The molecule has 0 radical (unpaired) electrons. The van der Waals surface area contributed by atoms with Crippen LogP contribution in [0, 0.1) is 13.8 Å². The minimum Gasteiger partial charge on any atom is -0.339 e. The van der Waals surface area contributed by atoms with Crippen LogP contribution in [-0.4, -0.2) is 37.0 Å². The fourth-order valence-corrected chi connectivity index (χ4v) is 3.07. The lowest BCUT2D eigenvalue weighted by Gasteiger charge is -2.35. The fourth-order valence-electron chi connectivity index (χ4n) is 3.07. The number of amides is 1. The van der Waals surface area contributed by atoms with Crippen molar-refractivity contribution in [3.05, 3.63) is 34.9 Å². The Bertz CT molecular complexity index is 476. The third-order valence-electron chi connectivity index (χ3n) is 4.60. The quantitative estimate of drug-likeness (QED) is 0.919. The molecule has 3 heteroatoms. The average molecular weight is 274 g/mol. The van der Waals surface area contributed by atoms with Crippen molar-refractivity contribution >= 4 is 5.91 Å². The predicted molar refractivity (Wildman–Crippen MR) is 83.1 cm³/mol. The minimum atomic E-state index is 0.166. The zero-order chi connectivity index (χ0) is 14.7. The van der Waals surface area contributed by atoms with E-state index in [9.17, 15) is 4.79 Å². The standard InChI is InChI=1S/C17H26N2O/c1-12-5-6-13(2)16(11-12)17(20)19(4)15-9-7-14(18-3)8-10-15/h5-6,11,14-15,18H,7-10H2,1-4H3. The van der Waals surface area contributed by atoms with Crippen molar-refractivity contribution in [1.29, 1.82) is 0 Å². The third kappa shape index (κ3) is 3.21. The molecule has 1 aliphatic carbocycles. The molecular formula is C17H26N2O. The van der Waals surface area contributed by atoms with Crippen LogP contribution >= 0.6 is 0 Å². The summed E-state index contributed by atoms with van der Waals surface area (Å²) in [6.07, 6.45) is 4.51. The first-order valence-corrected chi connectivity index (χ1v) is 7.54. The molecule has 110 valence electrons. The highest BCUT2D eigenvalue weighted by molar-refractivity contribution is 5.95. The molecule has 0 aromatic heterocycles. The summed E-state index contributed by atoms with van der Waals surface area (Å²) in [5.74, 6) is 0.166. The molecule has 0 aliphatic heterocycles. The van der Waals surface area contributed by atoms with E-state index in [2.05, 4.69) is 11.4 Å². The van der Waals surface area contributed by atoms with Gasteiger partial charge >= 0.3 is 0 Å². The highest BCUT2D eigenvalue weighted by atomic mass is 16.2. The lowest BCUT2D eigenvalue weighted by Crippen LogP contribution is -2.42. The second-order valence-corrected chi connectivity index (χ2v) is 6.03. The van der Waals surface area contributed by atoms with Crippen molar-refractivity contribution in [3.8, 4) is 0 Å². The van der Waals surface area contributed by atoms with Crippen molar-refractivity contribution in [3.63, 3.8) is 0 Å². The van der Waals surface area contributed by atoms with Crippen LogP contribution < -0.4 is 5.32 Å². The number of benzene rings is 1. The Kier molecular flexibility index (Phi) is 4.81. The lowest BCUT2D eigenvalue weighted by molar-refractivity contribution is 0.0685. The molecule has 1 aromatic carbocycles. The zero-order valence-electron chi connectivity index (χ0n) is 13.1. The second-order valence-electron chi connectivity index (χ2n) is 6.03. The van der Waals surface area contributed by atoms with Gasteiger partial charge in [-0.1, -0.05) is 17.7 Å². The van der Waals surface area contributed by atoms with Gasteiger partial charge in [0.15, 0.2) is 0 Å². The Balaban J connectivity index is 2.07. The molecule has 1 amide bonds. The number of carbonyl (C=O) groups is 1. The summed E-state index contributed by atoms with van der Waals surface area (Å²) in [6, 6.07) is 7.11. The second kappa shape index (κ2) is 6.40. The summed E-state index contributed by atoms with van der Waals surface area (Å²) in [7, 11) is 3.98. The van der Waals surface area contributed by atoms with Crippen LogP contribution in [0.25, 0.3) is 0 Å². The maximum atomic E-state index is 12.7. The minimum absolute atomic E-state index is 0.166. The molecular weight excluding hydrogens is 248 g/mol. The first-order valence-electron chi connectivity index (χ1n) is 7.54. The van der Waals surface area contributed by atoms with Crippen molar-refractivity contribution in [2.75, 3.05) is 14.1 Å². The van der Waals surface area contributed by atoms with E-state index >= 15 is 0 Å². The largest absolute Gasteiger partial charge is 0.339 e. The van der Waals surface area contributed by atoms with Gasteiger partial charge in [0.25, 0.3) is 5.91 Å². The van der Waals surface area contributed by atoms with Gasteiger partial charge in [0.2, 0.25) is 0 Å². The van der Waals surface area contributed by atoms with Gasteiger partial charge in [0, 0.05) is 24.7 Å². The van der Waals surface area contributed by atoms with E-state index in [-0.39, 0.29) is 5.91 Å². The van der Waals surface area contributed by atoms with Crippen molar-refractivity contribution in [2.24, 2.45) is 0 Å². The first kappa shape index (κ1) is 15.0. The van der Waals surface area contributed by atoms with Gasteiger partial charge in [-0.25, -0.2) is 0 Å². The van der Waals surface area contributed by atoms with E-state index in [1.807, 2.05) is 45.0 Å². The highest BCUT2D eigenvalue weighted by Crippen LogP contribution is 2.24. The normalized spacial score (nSPS) is 22.6. The van der Waals surface area contributed by atoms with Gasteiger partial charge in [0.1, 0.15) is 0 Å². The Morgan fingerprint density at radius 1 is 1.20 bits per heavy atom. The molecule has 2 rings (SSSR count). The summed E-state index contributed by atoms with van der Waals surface area (Å²) in [4.78, 5) is 14.6. The highest BCUT2D eigenvalue weighted by Gasteiger charge is 2.26. The molecule has 0 unspecified atom stereocenters. The molecule has 1 saturated carbocycles. The molecule has 1 fully saturated rings. The van der Waals surface area contributed by atoms with Crippen LogP contribution in [0.1, 0.15) is 47.2 Å². The molecule has 1 N–H and O–H groups in total. The van der Waals surface area contributed by atoms with Crippen LogP contribution in [0.2, 0.25) is 0 Å². The summed E-state index contributed by atoms with van der Waals surface area (Å²) >= 11 is 0. The number of rotatable bonds is 3. The fraction of sp³-hybridized carbons (Fsp3) is 0.588. The SMILES string of the molecule is CNC1CCC(N(C)C(=O)c2cc(C)ccc2C)CC1. The number of nitrogens with one attached hydrogen (secondary N) is 1. The Labute approximate surface area is 122 Å². The van der Waals surface area contributed by atoms with Crippen LogP contribution in [0.4, 0.5) is 0 Å². The van der Waals surface area contributed by atoms with Gasteiger partial charge in [-0.3, -0.25) is 4.79 Å². The molecule has 0 bridgehead atoms. The zero-order valence-corrected chi connectivity index (χ0v) is 13.1. The van der Waals surface area contributed by atoms with Crippen molar-refractivity contribution in [2.45, 2.75) is 51.6 Å². The van der Waals surface area contributed by atoms with Crippen molar-refractivity contribution < 1.29 is 4.79 Å². The molecule has 0 saturated heterocycles. The predicted octanol–water partition coefficient (Wildman–Crippen LogP) is 2.91. The van der Waals surface area contributed by atoms with Crippen LogP contribution in [0.15, 0.2) is 18.2 Å². The molecule has 0 spiro atoms. The van der Waals surface area contributed by atoms with Crippen LogP contribution in [0.5, 0.6) is 0 Å². The van der Waals surface area contributed by atoms with Crippen molar-refractivity contribution in [1.82, 2.24) is 10.2 Å². The topological polar surface area (TPSA) is 32.3 Å². The Morgan fingerprint density at radius 3 is 2.45 bits per heavy atom. The summed E-state index contributed by atoms with van der Waals surface area (Å²) < 4.78 is 0. The van der Waals surface area contributed by atoms with E-state index in [0.717, 1.165) is 42.4 Å². The van der Waals surface area contributed by atoms with E-state index in [1.54, 1.807) is 0 Å². The summed E-state index contributed by atoms with van der Waals surface area (Å²) in [5.41, 5.74) is 3.06. The summed E-state index contributed by atoms with van der Waals surface area (Å²) in [6.45, 7) is 4.05. The Morgan fingerprint density at radius 2 is 1.85 bits per heavy atom. The molecule has 1 aromatic rings. The molecule has 0 atom stereocenters. The molecule has 1 aliphatic rings. The number of nitrogens with zero attached hydrogens (tertiary/aromatic N) is 1.